The molecule has 23 heavy (non-hydrogen) atoms. The van der Waals surface area contributed by atoms with Crippen LogP contribution in [-0.2, 0) is 10.0 Å². The molecule has 7 heteroatoms. The van der Waals surface area contributed by atoms with Crippen LogP contribution in [0.1, 0.15) is 28.9 Å². The number of amides is 1. The molecule has 0 spiro atoms. The Balaban J connectivity index is 2.15. The number of benzene rings is 2. The van der Waals surface area contributed by atoms with Crippen molar-refractivity contribution in [3.05, 3.63) is 64.1 Å². The lowest BCUT2D eigenvalue weighted by atomic mass is 10.1. The van der Waals surface area contributed by atoms with E-state index in [0.29, 0.717) is 11.3 Å². The molecule has 0 bridgehead atoms. The van der Waals surface area contributed by atoms with E-state index >= 15 is 0 Å². The van der Waals surface area contributed by atoms with Gasteiger partial charge in [0.05, 0.1) is 12.3 Å². The maximum Gasteiger partial charge on any atom is 0.251 e. The van der Waals surface area contributed by atoms with E-state index in [1.807, 2.05) is 31.2 Å². The molecule has 2 aromatic rings. The smallest absolute Gasteiger partial charge is 0.251 e. The highest BCUT2D eigenvalue weighted by molar-refractivity contribution is 9.10. The van der Waals surface area contributed by atoms with Gasteiger partial charge >= 0.3 is 0 Å². The first kappa shape index (κ1) is 17.5. The van der Waals surface area contributed by atoms with Gasteiger partial charge in [0.25, 0.3) is 5.91 Å². The first-order valence-electron chi connectivity index (χ1n) is 6.89. The third kappa shape index (κ3) is 5.07. The largest absolute Gasteiger partial charge is 0.345 e. The van der Waals surface area contributed by atoms with Crippen LogP contribution in [0.4, 0.5) is 5.69 Å². The molecule has 2 N–H and O–H groups in total. The van der Waals surface area contributed by atoms with Crippen LogP contribution in [0.15, 0.2) is 53.0 Å². The number of nitrogens with one attached hydrogen (secondary N) is 2. The predicted octanol–water partition coefficient (Wildman–Crippen LogP) is 3.31. The number of hydrogen-bond acceptors (Lipinski definition) is 3. The third-order valence-corrected chi connectivity index (χ3v) is 4.48. The Morgan fingerprint density at radius 1 is 1.13 bits per heavy atom. The van der Waals surface area contributed by atoms with Crippen LogP contribution in [0.25, 0.3) is 0 Å². The number of carbonyl (C=O) groups excluding carboxylic acids is 1. The molecule has 0 radical (unpaired) electrons. The zero-order valence-corrected chi connectivity index (χ0v) is 15.1. The molecule has 122 valence electrons. The zero-order chi connectivity index (χ0) is 17.0. The van der Waals surface area contributed by atoms with Gasteiger partial charge in [-0.15, -0.1) is 0 Å². The minimum absolute atomic E-state index is 0.190. The Hall–Kier alpha value is -1.86. The lowest BCUT2D eigenvalue weighted by Crippen LogP contribution is -2.27. The molecule has 5 nitrogen and oxygen atoms in total. The number of anilines is 1. The second kappa shape index (κ2) is 7.14. The van der Waals surface area contributed by atoms with Gasteiger partial charge in [0.15, 0.2) is 0 Å². The minimum Gasteiger partial charge on any atom is -0.345 e. The Bertz CT molecular complexity index is 822. The third-order valence-electron chi connectivity index (χ3n) is 3.15. The molecule has 2 aromatic carbocycles. The highest BCUT2D eigenvalue weighted by Gasteiger charge is 2.14. The summed E-state index contributed by atoms with van der Waals surface area (Å²) in [5.74, 6) is -0.273. The second-order valence-corrected chi connectivity index (χ2v) is 7.77. The Morgan fingerprint density at radius 3 is 2.48 bits per heavy atom. The Labute approximate surface area is 144 Å². The summed E-state index contributed by atoms with van der Waals surface area (Å²) in [5, 5.41) is 2.90. The van der Waals surface area contributed by atoms with Crippen LogP contribution in [0.5, 0.6) is 0 Å². The van der Waals surface area contributed by atoms with Gasteiger partial charge in [-0.05, 0) is 36.8 Å². The van der Waals surface area contributed by atoms with Crippen molar-refractivity contribution in [1.29, 1.82) is 0 Å². The predicted molar refractivity (Wildman–Crippen MR) is 94.9 cm³/mol. The fourth-order valence-corrected chi connectivity index (χ4v) is 3.31. The number of sulfonamides is 1. The minimum atomic E-state index is -3.38. The van der Waals surface area contributed by atoms with Crippen molar-refractivity contribution < 1.29 is 13.2 Å². The lowest BCUT2D eigenvalue weighted by Gasteiger charge is -2.16. The molecule has 1 amide bonds. The molecule has 0 aliphatic rings. The molecular weight excluding hydrogens is 380 g/mol. The van der Waals surface area contributed by atoms with E-state index in [-0.39, 0.29) is 11.9 Å². The normalized spacial score (nSPS) is 12.5. The van der Waals surface area contributed by atoms with Gasteiger partial charge < -0.3 is 5.32 Å². The fourth-order valence-electron chi connectivity index (χ4n) is 2.12. The highest BCUT2D eigenvalue weighted by atomic mass is 79.9. The molecule has 0 saturated carbocycles. The molecule has 2 rings (SSSR count). The van der Waals surface area contributed by atoms with Crippen molar-refractivity contribution >= 4 is 37.5 Å². The number of hydrogen-bond donors (Lipinski definition) is 2. The van der Waals surface area contributed by atoms with E-state index < -0.39 is 10.0 Å². The van der Waals surface area contributed by atoms with Crippen LogP contribution >= 0.6 is 15.9 Å². The van der Waals surface area contributed by atoms with Crippen molar-refractivity contribution in [1.82, 2.24) is 5.32 Å². The molecular formula is C16H17BrN2O3S. The Morgan fingerprint density at radius 2 is 1.83 bits per heavy atom. The van der Waals surface area contributed by atoms with Crippen LogP contribution in [-0.4, -0.2) is 20.6 Å². The van der Waals surface area contributed by atoms with E-state index in [2.05, 4.69) is 26.0 Å². The molecule has 0 fully saturated rings. The van der Waals surface area contributed by atoms with Gasteiger partial charge in [0.2, 0.25) is 10.0 Å². The standard InChI is InChI=1S/C16H17BrN2O3S/c1-11(14-8-3-4-9-15(14)17)18-16(20)12-6-5-7-13(10-12)19-23(2,21)22/h3-11,19H,1-2H3,(H,18,20). The number of halogens is 1. The van der Waals surface area contributed by atoms with E-state index in [0.717, 1.165) is 16.3 Å². The van der Waals surface area contributed by atoms with E-state index in [1.54, 1.807) is 18.2 Å². The van der Waals surface area contributed by atoms with Crippen molar-refractivity contribution in [3.63, 3.8) is 0 Å². The van der Waals surface area contributed by atoms with Gasteiger partial charge in [-0.25, -0.2) is 8.42 Å². The summed E-state index contributed by atoms with van der Waals surface area (Å²) >= 11 is 3.46. The summed E-state index contributed by atoms with van der Waals surface area (Å²) in [6.07, 6.45) is 1.06. The second-order valence-electron chi connectivity index (χ2n) is 5.17. The average Bonchev–Trinajstić information content (AvgIpc) is 2.46. The summed E-state index contributed by atoms with van der Waals surface area (Å²) in [6.45, 7) is 1.89. The summed E-state index contributed by atoms with van der Waals surface area (Å²) in [4.78, 5) is 12.4. The van der Waals surface area contributed by atoms with Gasteiger partial charge in [-0.2, -0.15) is 0 Å². The van der Waals surface area contributed by atoms with Crippen LogP contribution in [0.3, 0.4) is 0 Å². The van der Waals surface area contributed by atoms with Crippen molar-refractivity contribution in [2.45, 2.75) is 13.0 Å². The molecule has 0 aliphatic carbocycles. The zero-order valence-electron chi connectivity index (χ0n) is 12.7. The van der Waals surface area contributed by atoms with E-state index in [9.17, 15) is 13.2 Å². The van der Waals surface area contributed by atoms with Gasteiger partial charge in [-0.3, -0.25) is 9.52 Å². The number of carbonyl (C=O) groups is 1. The maximum absolute atomic E-state index is 12.4. The fraction of sp³-hybridized carbons (Fsp3) is 0.188. The average molecular weight is 397 g/mol. The van der Waals surface area contributed by atoms with Crippen molar-refractivity contribution in [2.24, 2.45) is 0 Å². The van der Waals surface area contributed by atoms with Gasteiger partial charge in [0, 0.05) is 15.7 Å². The lowest BCUT2D eigenvalue weighted by molar-refractivity contribution is 0.0940. The first-order chi connectivity index (χ1) is 10.8. The SMILES string of the molecule is CC(NC(=O)c1cccc(NS(C)(=O)=O)c1)c1ccccc1Br. The summed E-state index contributed by atoms with van der Waals surface area (Å²) in [5.41, 5.74) is 1.71. The van der Waals surface area contributed by atoms with Gasteiger partial charge in [-0.1, -0.05) is 40.2 Å². The van der Waals surface area contributed by atoms with E-state index in [4.69, 9.17) is 0 Å². The van der Waals surface area contributed by atoms with Crippen molar-refractivity contribution in [2.75, 3.05) is 11.0 Å². The van der Waals surface area contributed by atoms with Crippen LogP contribution in [0.2, 0.25) is 0 Å². The molecule has 0 aliphatic heterocycles. The maximum atomic E-state index is 12.4. The van der Waals surface area contributed by atoms with E-state index in [1.165, 1.54) is 6.07 Å². The van der Waals surface area contributed by atoms with Crippen molar-refractivity contribution in [3.8, 4) is 0 Å². The molecule has 1 atom stereocenters. The highest BCUT2D eigenvalue weighted by Crippen LogP contribution is 2.23. The molecule has 0 aromatic heterocycles. The summed E-state index contributed by atoms with van der Waals surface area (Å²) in [6, 6.07) is 13.8. The van der Waals surface area contributed by atoms with Crippen LogP contribution < -0.4 is 10.0 Å². The molecule has 0 heterocycles. The molecule has 0 saturated heterocycles. The summed E-state index contributed by atoms with van der Waals surface area (Å²) < 4.78 is 25.8. The first-order valence-corrected chi connectivity index (χ1v) is 9.58. The summed E-state index contributed by atoms with van der Waals surface area (Å²) in [7, 11) is -3.38. The topological polar surface area (TPSA) is 75.3 Å². The monoisotopic (exact) mass is 396 g/mol. The Kier molecular flexibility index (Phi) is 5.43. The molecule has 1 unspecified atom stereocenters. The number of rotatable bonds is 5. The van der Waals surface area contributed by atoms with Gasteiger partial charge in [0.1, 0.15) is 0 Å². The van der Waals surface area contributed by atoms with Crippen LogP contribution in [0, 0.1) is 0 Å². The quantitative estimate of drug-likeness (QED) is 0.813.